The monoisotopic (exact) mass is 644 g/mol. The molecule has 0 bridgehead atoms. The second-order valence-corrected chi connectivity index (χ2v) is 11.7. The number of ether oxygens (including phenoxy) is 2. The molecule has 0 aromatic heterocycles. The Kier molecular flexibility index (Phi) is 16.8. The summed E-state index contributed by atoms with van der Waals surface area (Å²) in [7, 11) is 0. The maximum atomic E-state index is 13.0. The van der Waals surface area contributed by atoms with Crippen molar-refractivity contribution in [1.82, 2.24) is 0 Å². The number of amides is 1. The minimum atomic E-state index is -0.320. The molecule has 42 heavy (non-hydrogen) atoms. The van der Waals surface area contributed by atoms with Crippen molar-refractivity contribution in [2.24, 2.45) is 5.92 Å². The molecular weight excluding hydrogens is 592 g/mol. The Balaban J connectivity index is 0.00000616. The number of carbonyl (C=O) groups is 2. The summed E-state index contributed by atoms with van der Waals surface area (Å²) in [6.45, 7) is 11.9. The van der Waals surface area contributed by atoms with Crippen molar-refractivity contribution in [1.29, 1.82) is 0 Å². The Morgan fingerprint density at radius 2 is 1.50 bits per heavy atom. The van der Waals surface area contributed by atoms with E-state index in [2.05, 4.69) is 26.1 Å². The first-order valence-corrected chi connectivity index (χ1v) is 16.2. The first-order chi connectivity index (χ1) is 20.0. The molecule has 1 N–H and O–H groups in total. The third-order valence-corrected chi connectivity index (χ3v) is 8.78. The Morgan fingerprint density at radius 1 is 0.833 bits per heavy atom. The van der Waals surface area contributed by atoms with Gasteiger partial charge in [-0.1, -0.05) is 70.4 Å². The molecule has 0 saturated heterocycles. The van der Waals surface area contributed by atoms with Gasteiger partial charge < -0.3 is 36.3 Å². The van der Waals surface area contributed by atoms with Gasteiger partial charge in [0, 0.05) is 11.6 Å². The topological polar surface area (TPSA) is 64.6 Å². The number of hydrogen-bond acceptors (Lipinski definition) is 4. The summed E-state index contributed by atoms with van der Waals surface area (Å²) in [5, 5.41) is 2.93. The Labute approximate surface area is 264 Å². The van der Waals surface area contributed by atoms with E-state index in [9.17, 15) is 9.59 Å². The number of unbranched alkanes of at least 4 members (excludes halogenated alkanes) is 5. The maximum Gasteiger partial charge on any atom is 0.338 e. The van der Waals surface area contributed by atoms with Gasteiger partial charge in [-0.05, 0) is 69.5 Å². The lowest BCUT2D eigenvalue weighted by Gasteiger charge is -2.40. The van der Waals surface area contributed by atoms with Gasteiger partial charge in [0.15, 0.2) is 0 Å². The predicted molar refractivity (Wildman–Crippen MR) is 168 cm³/mol. The van der Waals surface area contributed by atoms with E-state index in [-0.39, 0.29) is 28.9 Å². The van der Waals surface area contributed by atoms with Crippen molar-refractivity contribution in [2.75, 3.05) is 44.7 Å². The summed E-state index contributed by atoms with van der Waals surface area (Å²) in [6.07, 6.45) is 13.9. The van der Waals surface area contributed by atoms with E-state index >= 15 is 0 Å². The number of esters is 1. The van der Waals surface area contributed by atoms with Crippen LogP contribution in [0.25, 0.3) is 0 Å². The van der Waals surface area contributed by atoms with Crippen molar-refractivity contribution in [3.05, 3.63) is 59.7 Å². The highest BCUT2D eigenvalue weighted by atomic mass is 79.9. The molecule has 1 fully saturated rings. The number of carbonyl (C=O) groups excluding carboxylic acids is 2. The van der Waals surface area contributed by atoms with Gasteiger partial charge in [0.2, 0.25) is 0 Å². The number of hydrogen-bond donors (Lipinski definition) is 1. The molecule has 234 valence electrons. The number of likely N-dealkylation sites (N-methyl/N-ethyl adjacent to an activating group) is 1. The van der Waals surface area contributed by atoms with Gasteiger partial charge in [-0.2, -0.15) is 0 Å². The molecule has 3 rings (SSSR count). The summed E-state index contributed by atoms with van der Waals surface area (Å²) in [4.78, 5) is 25.8. The molecule has 0 spiro atoms. The van der Waals surface area contributed by atoms with Gasteiger partial charge in [0.1, 0.15) is 18.9 Å². The van der Waals surface area contributed by atoms with E-state index in [1.54, 1.807) is 30.3 Å². The number of para-hydroxylation sites is 1. The van der Waals surface area contributed by atoms with E-state index in [0.717, 1.165) is 42.9 Å². The highest BCUT2D eigenvalue weighted by molar-refractivity contribution is 6.06. The zero-order valence-electron chi connectivity index (χ0n) is 26.2. The number of nitrogens with zero attached hydrogens (tertiary/aromatic N) is 1. The van der Waals surface area contributed by atoms with Crippen LogP contribution in [-0.2, 0) is 4.74 Å². The summed E-state index contributed by atoms with van der Waals surface area (Å²) in [6, 6.07) is 14.2. The van der Waals surface area contributed by atoms with Gasteiger partial charge in [-0.25, -0.2) is 4.79 Å². The number of halogens is 1. The number of nitrogens with one attached hydrogen (secondary N) is 1. The average molecular weight is 646 g/mol. The van der Waals surface area contributed by atoms with Gasteiger partial charge in [0.05, 0.1) is 37.4 Å². The van der Waals surface area contributed by atoms with Crippen LogP contribution in [0.15, 0.2) is 48.5 Å². The first-order valence-electron chi connectivity index (χ1n) is 16.2. The van der Waals surface area contributed by atoms with Gasteiger partial charge in [0.25, 0.3) is 5.91 Å². The Bertz CT molecular complexity index is 1050. The van der Waals surface area contributed by atoms with Crippen LogP contribution in [-0.4, -0.2) is 55.8 Å². The zero-order valence-corrected chi connectivity index (χ0v) is 27.8. The molecule has 2 aromatic rings. The molecule has 6 nitrogen and oxygen atoms in total. The molecule has 7 heteroatoms. The summed E-state index contributed by atoms with van der Waals surface area (Å²) in [5.41, 5.74) is 1.62. The minimum Gasteiger partial charge on any atom is -1.00 e. The fourth-order valence-electron chi connectivity index (χ4n) is 5.95. The molecule has 0 atom stereocenters. The van der Waals surface area contributed by atoms with Crippen LogP contribution in [0.1, 0.15) is 112 Å². The van der Waals surface area contributed by atoms with Crippen LogP contribution in [0.3, 0.4) is 0 Å². The molecule has 0 unspecified atom stereocenters. The Hall–Kier alpha value is -2.38. The number of benzene rings is 2. The molecule has 1 aliphatic rings. The number of anilines is 1. The highest BCUT2D eigenvalue weighted by Crippen LogP contribution is 2.27. The van der Waals surface area contributed by atoms with Crippen molar-refractivity contribution >= 4 is 17.6 Å². The van der Waals surface area contributed by atoms with Crippen LogP contribution in [0.5, 0.6) is 5.75 Å². The third-order valence-electron chi connectivity index (χ3n) is 8.78. The fraction of sp³-hybridized carbons (Fsp3) is 0.600. The molecule has 2 aromatic carbocycles. The lowest BCUT2D eigenvalue weighted by atomic mass is 9.88. The highest BCUT2D eigenvalue weighted by Gasteiger charge is 2.29. The average Bonchev–Trinajstić information content (AvgIpc) is 3.01. The normalized spacial score (nSPS) is 13.7. The van der Waals surface area contributed by atoms with Crippen LogP contribution in [0, 0.1) is 5.92 Å². The van der Waals surface area contributed by atoms with Crippen LogP contribution < -0.4 is 27.0 Å². The SMILES string of the molecule is CCCCCCCCOc1ccccc1C(=O)Nc1ccc(C(=O)OCC[N+](CC)(CC)CC2CCCCC2)cc1.[Br-]. The van der Waals surface area contributed by atoms with Crippen molar-refractivity contribution in [3.8, 4) is 5.75 Å². The van der Waals surface area contributed by atoms with E-state index < -0.39 is 0 Å². The quantitative estimate of drug-likeness (QED) is 0.136. The maximum absolute atomic E-state index is 13.0. The molecule has 1 saturated carbocycles. The summed E-state index contributed by atoms with van der Waals surface area (Å²) >= 11 is 0. The van der Waals surface area contributed by atoms with E-state index in [1.807, 2.05) is 18.2 Å². The Morgan fingerprint density at radius 3 is 2.19 bits per heavy atom. The van der Waals surface area contributed by atoms with Crippen LogP contribution >= 0.6 is 0 Å². The van der Waals surface area contributed by atoms with Gasteiger partial charge >= 0.3 is 5.97 Å². The number of quaternary nitrogens is 1. The molecule has 1 amide bonds. The summed E-state index contributed by atoms with van der Waals surface area (Å²) < 4.78 is 12.7. The summed E-state index contributed by atoms with van der Waals surface area (Å²) in [5.74, 6) is 0.834. The second-order valence-electron chi connectivity index (χ2n) is 11.7. The third kappa shape index (κ3) is 11.7. The first kappa shape index (κ1) is 35.8. The molecule has 0 radical (unpaired) electrons. The van der Waals surface area contributed by atoms with Crippen molar-refractivity contribution in [2.45, 2.75) is 91.4 Å². The lowest BCUT2D eigenvalue weighted by molar-refractivity contribution is -0.928. The standard InChI is InChI=1S/C35H52N2O4.BrH/c1-4-7-8-9-10-16-26-40-33-20-15-14-19-32(33)34(38)36-31-23-21-30(22-24-31)35(39)41-27-25-37(5-2,6-3)28-29-17-12-11-13-18-29;/h14-15,19-24,29H,4-13,16-18,25-28H2,1-3H3;1H. The number of rotatable bonds is 18. The minimum absolute atomic E-state index is 0. The van der Waals surface area contributed by atoms with E-state index in [4.69, 9.17) is 9.47 Å². The van der Waals surface area contributed by atoms with Crippen molar-refractivity contribution < 1.29 is 40.5 Å². The van der Waals surface area contributed by atoms with Crippen LogP contribution in [0.4, 0.5) is 5.69 Å². The molecule has 1 aliphatic carbocycles. The van der Waals surface area contributed by atoms with Gasteiger partial charge in [-0.3, -0.25) is 4.79 Å². The molecule has 0 heterocycles. The second kappa shape index (κ2) is 19.7. The van der Waals surface area contributed by atoms with Crippen molar-refractivity contribution in [3.63, 3.8) is 0 Å². The van der Waals surface area contributed by atoms with E-state index in [1.165, 1.54) is 64.3 Å². The zero-order chi connectivity index (χ0) is 29.3. The largest absolute Gasteiger partial charge is 1.00 e. The predicted octanol–water partition coefficient (Wildman–Crippen LogP) is 5.28. The molecular formula is C35H53BrN2O4. The van der Waals surface area contributed by atoms with Crippen LogP contribution in [0.2, 0.25) is 0 Å². The smallest absolute Gasteiger partial charge is 0.338 e. The van der Waals surface area contributed by atoms with Gasteiger partial charge in [-0.15, -0.1) is 0 Å². The fourth-order valence-corrected chi connectivity index (χ4v) is 5.95. The van der Waals surface area contributed by atoms with E-state index in [0.29, 0.717) is 35.8 Å². The molecule has 0 aliphatic heterocycles. The lowest BCUT2D eigenvalue weighted by Crippen LogP contribution is -3.00.